The van der Waals surface area contributed by atoms with E-state index in [-0.39, 0.29) is 0 Å². The SMILES string of the molecule is CC(C)CC(NCC1CSc2ccccc21)C(=O)O. The van der Waals surface area contributed by atoms with Gasteiger partial charge in [0.05, 0.1) is 0 Å². The van der Waals surface area contributed by atoms with Crippen LogP contribution in [0.5, 0.6) is 0 Å². The molecule has 3 nitrogen and oxygen atoms in total. The minimum Gasteiger partial charge on any atom is -0.480 e. The number of hydrogen-bond donors (Lipinski definition) is 2. The van der Waals surface area contributed by atoms with Gasteiger partial charge in [0, 0.05) is 23.1 Å². The zero-order chi connectivity index (χ0) is 13.8. The van der Waals surface area contributed by atoms with Crippen LogP contribution in [0.25, 0.3) is 0 Å². The molecule has 2 rings (SSSR count). The molecule has 0 spiro atoms. The van der Waals surface area contributed by atoms with E-state index in [0.717, 1.165) is 12.3 Å². The fourth-order valence-corrected chi connectivity index (χ4v) is 3.68. The molecule has 104 valence electrons. The summed E-state index contributed by atoms with van der Waals surface area (Å²) < 4.78 is 0. The third-order valence-corrected chi connectivity index (χ3v) is 4.67. The Morgan fingerprint density at radius 1 is 1.47 bits per heavy atom. The number of carboxylic acid groups (broad SMARTS) is 1. The van der Waals surface area contributed by atoms with E-state index in [2.05, 4.69) is 43.4 Å². The summed E-state index contributed by atoms with van der Waals surface area (Å²) in [7, 11) is 0. The maximum Gasteiger partial charge on any atom is 0.320 e. The molecule has 0 fully saturated rings. The Kier molecular flexibility index (Phi) is 4.88. The summed E-state index contributed by atoms with van der Waals surface area (Å²) in [5.74, 6) is 1.11. The Balaban J connectivity index is 1.93. The highest BCUT2D eigenvalue weighted by Crippen LogP contribution is 2.38. The van der Waals surface area contributed by atoms with Crippen LogP contribution in [0.2, 0.25) is 0 Å². The summed E-state index contributed by atoms with van der Waals surface area (Å²) in [5, 5.41) is 12.4. The smallest absolute Gasteiger partial charge is 0.320 e. The average molecular weight is 279 g/mol. The predicted molar refractivity (Wildman–Crippen MR) is 78.8 cm³/mol. The van der Waals surface area contributed by atoms with Gasteiger partial charge < -0.3 is 10.4 Å². The number of carbonyl (C=O) groups is 1. The van der Waals surface area contributed by atoms with Crippen LogP contribution in [0.3, 0.4) is 0 Å². The number of benzene rings is 1. The number of aliphatic carboxylic acids is 1. The number of hydrogen-bond acceptors (Lipinski definition) is 3. The summed E-state index contributed by atoms with van der Waals surface area (Å²) in [4.78, 5) is 12.6. The standard InChI is InChI=1S/C15H21NO2S/c1-10(2)7-13(15(17)18)16-8-11-9-19-14-6-4-3-5-12(11)14/h3-6,10-11,13,16H,7-9H2,1-2H3,(H,17,18). The Hall–Kier alpha value is -1.00. The number of thioether (sulfide) groups is 1. The van der Waals surface area contributed by atoms with Crippen LogP contribution in [0.15, 0.2) is 29.2 Å². The van der Waals surface area contributed by atoms with E-state index >= 15 is 0 Å². The van der Waals surface area contributed by atoms with Crippen LogP contribution in [-0.2, 0) is 4.79 Å². The van der Waals surface area contributed by atoms with E-state index in [1.807, 2.05) is 11.8 Å². The normalized spacial score (nSPS) is 19.4. The number of rotatable bonds is 6. The quantitative estimate of drug-likeness (QED) is 0.840. The second-order valence-corrected chi connectivity index (χ2v) is 6.54. The van der Waals surface area contributed by atoms with Gasteiger partial charge in [0.1, 0.15) is 6.04 Å². The van der Waals surface area contributed by atoms with E-state index in [1.165, 1.54) is 10.5 Å². The molecule has 19 heavy (non-hydrogen) atoms. The molecule has 0 radical (unpaired) electrons. The van der Waals surface area contributed by atoms with Gasteiger partial charge in [0.2, 0.25) is 0 Å². The number of fused-ring (bicyclic) bond motifs is 1. The average Bonchev–Trinajstić information content (AvgIpc) is 2.77. The van der Waals surface area contributed by atoms with E-state index in [0.29, 0.717) is 18.3 Å². The van der Waals surface area contributed by atoms with Crippen molar-refractivity contribution in [1.29, 1.82) is 0 Å². The maximum atomic E-state index is 11.2. The van der Waals surface area contributed by atoms with Crippen LogP contribution in [0, 0.1) is 5.92 Å². The molecule has 0 saturated carbocycles. The van der Waals surface area contributed by atoms with Crippen molar-refractivity contribution in [2.24, 2.45) is 5.92 Å². The predicted octanol–water partition coefficient (Wildman–Crippen LogP) is 2.96. The molecular weight excluding hydrogens is 258 g/mol. The molecule has 0 aliphatic carbocycles. The van der Waals surface area contributed by atoms with Crippen LogP contribution in [0.4, 0.5) is 0 Å². The fraction of sp³-hybridized carbons (Fsp3) is 0.533. The first kappa shape index (κ1) is 14.4. The molecule has 0 amide bonds. The Morgan fingerprint density at radius 2 is 2.21 bits per heavy atom. The largest absolute Gasteiger partial charge is 0.480 e. The van der Waals surface area contributed by atoms with Gasteiger partial charge in [-0.3, -0.25) is 4.79 Å². The lowest BCUT2D eigenvalue weighted by Gasteiger charge is -2.19. The first-order valence-corrected chi connectivity index (χ1v) is 7.74. The first-order chi connectivity index (χ1) is 9.08. The van der Waals surface area contributed by atoms with Gasteiger partial charge in [-0.1, -0.05) is 32.0 Å². The Labute approximate surface area is 118 Å². The molecule has 2 atom stereocenters. The lowest BCUT2D eigenvalue weighted by atomic mass is 9.99. The molecule has 1 aromatic carbocycles. The van der Waals surface area contributed by atoms with Crippen molar-refractivity contribution in [1.82, 2.24) is 5.32 Å². The van der Waals surface area contributed by atoms with E-state index in [4.69, 9.17) is 0 Å². The van der Waals surface area contributed by atoms with Crippen LogP contribution < -0.4 is 5.32 Å². The number of carboxylic acids is 1. The molecule has 1 aliphatic rings. The molecule has 4 heteroatoms. The zero-order valence-electron chi connectivity index (χ0n) is 11.4. The molecule has 0 bridgehead atoms. The molecule has 0 saturated heterocycles. The summed E-state index contributed by atoms with van der Waals surface area (Å²) in [5.41, 5.74) is 1.36. The third-order valence-electron chi connectivity index (χ3n) is 3.41. The maximum absolute atomic E-state index is 11.2. The lowest BCUT2D eigenvalue weighted by molar-refractivity contribution is -0.139. The van der Waals surface area contributed by atoms with E-state index < -0.39 is 12.0 Å². The first-order valence-electron chi connectivity index (χ1n) is 6.76. The highest BCUT2D eigenvalue weighted by molar-refractivity contribution is 7.99. The van der Waals surface area contributed by atoms with Gasteiger partial charge in [0.15, 0.2) is 0 Å². The van der Waals surface area contributed by atoms with Crippen LogP contribution in [0.1, 0.15) is 31.7 Å². The van der Waals surface area contributed by atoms with Gasteiger partial charge in [-0.05, 0) is 24.0 Å². The molecule has 1 aliphatic heterocycles. The molecule has 2 unspecified atom stereocenters. The van der Waals surface area contributed by atoms with Crippen molar-refractivity contribution in [3.63, 3.8) is 0 Å². The summed E-state index contributed by atoms with van der Waals surface area (Å²) in [6.07, 6.45) is 0.677. The van der Waals surface area contributed by atoms with Crippen molar-refractivity contribution < 1.29 is 9.90 Å². The van der Waals surface area contributed by atoms with Gasteiger partial charge in [-0.15, -0.1) is 11.8 Å². The van der Waals surface area contributed by atoms with Gasteiger partial charge in [-0.2, -0.15) is 0 Å². The minimum atomic E-state index is -0.743. The highest BCUT2D eigenvalue weighted by Gasteiger charge is 2.25. The molecule has 1 aromatic rings. The third kappa shape index (κ3) is 3.74. The summed E-state index contributed by atoms with van der Waals surface area (Å²) >= 11 is 1.86. The van der Waals surface area contributed by atoms with Gasteiger partial charge >= 0.3 is 5.97 Å². The minimum absolute atomic E-state index is 0.388. The van der Waals surface area contributed by atoms with Gasteiger partial charge in [0.25, 0.3) is 0 Å². The molecular formula is C15H21NO2S. The van der Waals surface area contributed by atoms with Crippen molar-refractivity contribution in [2.75, 3.05) is 12.3 Å². The second kappa shape index (κ2) is 6.44. The lowest BCUT2D eigenvalue weighted by Crippen LogP contribution is -2.40. The Bertz CT molecular complexity index is 448. The van der Waals surface area contributed by atoms with Gasteiger partial charge in [-0.25, -0.2) is 0 Å². The second-order valence-electron chi connectivity index (χ2n) is 5.47. The molecule has 2 N–H and O–H groups in total. The van der Waals surface area contributed by atoms with Crippen LogP contribution >= 0.6 is 11.8 Å². The van der Waals surface area contributed by atoms with Crippen molar-refractivity contribution in [3.05, 3.63) is 29.8 Å². The number of nitrogens with one attached hydrogen (secondary N) is 1. The van der Waals surface area contributed by atoms with Crippen LogP contribution in [-0.4, -0.2) is 29.4 Å². The summed E-state index contributed by atoms with van der Waals surface area (Å²) in [6, 6.07) is 7.97. The van der Waals surface area contributed by atoms with Crippen molar-refractivity contribution in [3.8, 4) is 0 Å². The molecule has 1 heterocycles. The topological polar surface area (TPSA) is 49.3 Å². The fourth-order valence-electron chi connectivity index (χ4n) is 2.43. The van der Waals surface area contributed by atoms with E-state index in [1.54, 1.807) is 0 Å². The van der Waals surface area contributed by atoms with E-state index in [9.17, 15) is 9.90 Å². The molecule has 0 aromatic heterocycles. The zero-order valence-corrected chi connectivity index (χ0v) is 12.2. The monoisotopic (exact) mass is 279 g/mol. The summed E-state index contributed by atoms with van der Waals surface area (Å²) in [6.45, 7) is 4.85. The highest BCUT2D eigenvalue weighted by atomic mass is 32.2. The van der Waals surface area contributed by atoms with Crippen molar-refractivity contribution >= 4 is 17.7 Å². The van der Waals surface area contributed by atoms with Crippen molar-refractivity contribution in [2.45, 2.75) is 37.1 Å². The Morgan fingerprint density at radius 3 is 2.89 bits per heavy atom.